The van der Waals surface area contributed by atoms with Crippen LogP contribution in [0.3, 0.4) is 0 Å². The van der Waals surface area contributed by atoms with Crippen LogP contribution in [0.4, 0.5) is 0 Å². The van der Waals surface area contributed by atoms with Crippen molar-refractivity contribution in [3.8, 4) is 0 Å². The summed E-state index contributed by atoms with van der Waals surface area (Å²) < 4.78 is 16.8. The van der Waals surface area contributed by atoms with E-state index in [4.69, 9.17) is 14.2 Å². The Kier molecular flexibility index (Phi) is 54.9. The van der Waals surface area contributed by atoms with Gasteiger partial charge in [-0.1, -0.05) is 245 Å². The fourth-order valence-corrected chi connectivity index (χ4v) is 7.61. The molecule has 402 valence electrons. The first-order valence-electron chi connectivity index (χ1n) is 29.1. The zero-order chi connectivity index (χ0) is 51.4. The maximum absolute atomic E-state index is 12.9. The van der Waals surface area contributed by atoms with Gasteiger partial charge in [0.1, 0.15) is 13.2 Å². The van der Waals surface area contributed by atoms with Crippen LogP contribution in [-0.4, -0.2) is 37.2 Å². The second kappa shape index (κ2) is 58.4. The van der Waals surface area contributed by atoms with Crippen molar-refractivity contribution in [2.45, 2.75) is 258 Å². The lowest BCUT2D eigenvalue weighted by Crippen LogP contribution is -2.30. The fourth-order valence-electron chi connectivity index (χ4n) is 7.61. The molecular formula is C65H106O6. The van der Waals surface area contributed by atoms with Crippen LogP contribution in [0.2, 0.25) is 0 Å². The van der Waals surface area contributed by atoms with Gasteiger partial charge in [0.25, 0.3) is 0 Å². The second-order valence-corrected chi connectivity index (χ2v) is 19.0. The van der Waals surface area contributed by atoms with Crippen LogP contribution in [0.1, 0.15) is 252 Å². The molecular weight excluding hydrogens is 877 g/mol. The van der Waals surface area contributed by atoms with Crippen molar-refractivity contribution in [3.63, 3.8) is 0 Å². The van der Waals surface area contributed by atoms with E-state index in [-0.39, 0.29) is 44.0 Å². The Labute approximate surface area is 437 Å². The lowest BCUT2D eigenvalue weighted by Gasteiger charge is -2.18. The van der Waals surface area contributed by atoms with E-state index in [1.54, 1.807) is 0 Å². The Morgan fingerprint density at radius 2 is 0.577 bits per heavy atom. The molecule has 6 nitrogen and oxygen atoms in total. The molecule has 0 aromatic carbocycles. The fraction of sp³-hybridized carbons (Fsp3) is 0.646. The number of hydrogen-bond donors (Lipinski definition) is 0. The van der Waals surface area contributed by atoms with Gasteiger partial charge >= 0.3 is 17.9 Å². The highest BCUT2D eigenvalue weighted by atomic mass is 16.6. The Morgan fingerprint density at radius 1 is 0.296 bits per heavy atom. The molecule has 0 radical (unpaired) electrons. The number of hydrogen-bond acceptors (Lipinski definition) is 6. The van der Waals surface area contributed by atoms with Gasteiger partial charge in [-0.15, -0.1) is 0 Å². The Balaban J connectivity index is 4.58. The first kappa shape index (κ1) is 66.8. The monoisotopic (exact) mass is 983 g/mol. The average molecular weight is 984 g/mol. The van der Waals surface area contributed by atoms with Crippen molar-refractivity contribution in [1.29, 1.82) is 0 Å². The Hall–Kier alpha value is -4.19. The van der Waals surface area contributed by atoms with Gasteiger partial charge in [0.2, 0.25) is 0 Å². The van der Waals surface area contributed by atoms with Crippen LogP contribution in [0.5, 0.6) is 0 Å². The van der Waals surface area contributed by atoms with Crippen LogP contribution >= 0.6 is 0 Å². The molecule has 0 saturated heterocycles. The highest BCUT2D eigenvalue weighted by Gasteiger charge is 2.19. The largest absolute Gasteiger partial charge is 0.462 e. The molecule has 0 aliphatic carbocycles. The van der Waals surface area contributed by atoms with E-state index in [0.717, 1.165) is 116 Å². The third-order valence-corrected chi connectivity index (χ3v) is 12.0. The lowest BCUT2D eigenvalue weighted by atomic mass is 10.1. The van der Waals surface area contributed by atoms with Crippen molar-refractivity contribution in [3.05, 3.63) is 122 Å². The van der Waals surface area contributed by atoms with Crippen molar-refractivity contribution < 1.29 is 28.6 Å². The predicted octanol–water partition coefficient (Wildman–Crippen LogP) is 19.6. The summed E-state index contributed by atoms with van der Waals surface area (Å²) in [6, 6.07) is 0. The Morgan fingerprint density at radius 3 is 0.986 bits per heavy atom. The van der Waals surface area contributed by atoms with Gasteiger partial charge in [-0.3, -0.25) is 14.4 Å². The SMILES string of the molecule is CCCCC/C=C\C/C=C\C/C=C\C/C=C\CCCC(=O)OCC(COC(=O)CCCCCCC\C=C/C=C\C=C/CCCCCCC)OC(=O)CCCCCCC\C=C/C=C\C=C/CCCCCCC. The number of unbranched alkanes of at least 4 members (excludes halogenated alkanes) is 24. The second-order valence-electron chi connectivity index (χ2n) is 19.0. The average Bonchev–Trinajstić information content (AvgIpc) is 3.37. The van der Waals surface area contributed by atoms with Crippen molar-refractivity contribution in [1.82, 2.24) is 0 Å². The molecule has 0 amide bonds. The summed E-state index contributed by atoms with van der Waals surface area (Å²) >= 11 is 0. The van der Waals surface area contributed by atoms with Crippen LogP contribution in [0, 0.1) is 0 Å². The summed E-state index contributed by atoms with van der Waals surface area (Å²) in [5, 5.41) is 0. The molecule has 0 fully saturated rings. The summed E-state index contributed by atoms with van der Waals surface area (Å²) in [7, 11) is 0. The molecule has 71 heavy (non-hydrogen) atoms. The molecule has 0 spiro atoms. The molecule has 1 unspecified atom stereocenters. The van der Waals surface area contributed by atoms with Gasteiger partial charge < -0.3 is 14.2 Å². The first-order chi connectivity index (χ1) is 35.0. The quantitative estimate of drug-likeness (QED) is 0.0199. The van der Waals surface area contributed by atoms with Gasteiger partial charge in [-0.2, -0.15) is 0 Å². The van der Waals surface area contributed by atoms with Crippen LogP contribution in [0.15, 0.2) is 122 Å². The smallest absolute Gasteiger partial charge is 0.306 e. The van der Waals surface area contributed by atoms with Crippen molar-refractivity contribution in [2.75, 3.05) is 13.2 Å². The van der Waals surface area contributed by atoms with E-state index in [9.17, 15) is 14.4 Å². The highest BCUT2D eigenvalue weighted by Crippen LogP contribution is 2.13. The van der Waals surface area contributed by atoms with Crippen LogP contribution < -0.4 is 0 Å². The molecule has 6 heteroatoms. The third-order valence-electron chi connectivity index (χ3n) is 12.0. The first-order valence-corrected chi connectivity index (χ1v) is 29.1. The third kappa shape index (κ3) is 56.6. The molecule has 1 atom stereocenters. The standard InChI is InChI=1S/C65H106O6/c1-4-7-10-13-16-19-22-25-28-31-34-37-40-43-46-49-52-55-58-64(67)70-61-62(60-69-63(66)57-54-51-48-45-42-39-36-33-30-27-24-21-18-15-12-9-6-3)71-65(68)59-56-53-50-47-44-41-38-35-32-29-26-23-20-17-14-11-8-5-2/h18,21-23,25-32,34-39,45,48,62H,4-17,19-20,24,33,40-44,46-47,49-61H2,1-3H3/b21-18-,25-22-,26-23-,30-27-,31-28-,32-29-,37-34-,38-35-,39-36-,48-45-. The molecule has 0 saturated carbocycles. The summed E-state index contributed by atoms with van der Waals surface area (Å²) in [5.41, 5.74) is 0. The predicted molar refractivity (Wildman–Crippen MR) is 306 cm³/mol. The maximum atomic E-state index is 12.9. The van der Waals surface area contributed by atoms with E-state index in [0.29, 0.717) is 12.8 Å². The highest BCUT2D eigenvalue weighted by molar-refractivity contribution is 5.71. The normalized spacial score (nSPS) is 13.0. The van der Waals surface area contributed by atoms with Crippen LogP contribution in [-0.2, 0) is 28.6 Å². The summed E-state index contributed by atoms with van der Waals surface area (Å²) in [6.45, 7) is 6.49. The Bertz CT molecular complexity index is 1500. The van der Waals surface area contributed by atoms with Gasteiger partial charge in [0.15, 0.2) is 6.10 Å². The van der Waals surface area contributed by atoms with Crippen molar-refractivity contribution >= 4 is 17.9 Å². The minimum Gasteiger partial charge on any atom is -0.462 e. The number of ether oxygens (including phenoxy) is 3. The summed E-state index contributed by atoms with van der Waals surface area (Å²) in [4.78, 5) is 38.2. The zero-order valence-electron chi connectivity index (χ0n) is 45.9. The lowest BCUT2D eigenvalue weighted by molar-refractivity contribution is -0.167. The topological polar surface area (TPSA) is 78.9 Å². The van der Waals surface area contributed by atoms with Gasteiger partial charge in [0.05, 0.1) is 0 Å². The number of carbonyl (C=O) groups excluding carboxylic acids is 3. The molecule has 0 aromatic heterocycles. The molecule has 0 rings (SSSR count). The molecule has 0 aliphatic heterocycles. The maximum Gasteiger partial charge on any atom is 0.306 e. The molecule has 0 heterocycles. The molecule has 0 aliphatic rings. The number of allylic oxidation sites excluding steroid dienone is 20. The van der Waals surface area contributed by atoms with E-state index in [1.165, 1.54) is 89.9 Å². The number of rotatable bonds is 51. The summed E-state index contributed by atoms with van der Waals surface area (Å²) in [6.07, 6.45) is 80.4. The van der Waals surface area contributed by atoms with E-state index >= 15 is 0 Å². The van der Waals surface area contributed by atoms with Gasteiger partial charge in [-0.05, 0) is 109 Å². The summed E-state index contributed by atoms with van der Waals surface area (Å²) in [5.74, 6) is -1.01. The minimum absolute atomic E-state index is 0.117. The molecule has 0 aromatic rings. The van der Waals surface area contributed by atoms with E-state index in [1.807, 2.05) is 0 Å². The molecule has 0 bridgehead atoms. The molecule has 0 N–H and O–H groups in total. The zero-order valence-corrected chi connectivity index (χ0v) is 45.9. The number of esters is 3. The van der Waals surface area contributed by atoms with E-state index < -0.39 is 6.10 Å². The van der Waals surface area contributed by atoms with Gasteiger partial charge in [0, 0.05) is 19.3 Å². The van der Waals surface area contributed by atoms with Crippen LogP contribution in [0.25, 0.3) is 0 Å². The van der Waals surface area contributed by atoms with Crippen molar-refractivity contribution in [2.24, 2.45) is 0 Å². The number of carbonyl (C=O) groups is 3. The minimum atomic E-state index is -0.824. The van der Waals surface area contributed by atoms with E-state index in [2.05, 4.69) is 142 Å². The van der Waals surface area contributed by atoms with Gasteiger partial charge in [-0.25, -0.2) is 0 Å².